The van der Waals surface area contributed by atoms with Gasteiger partial charge in [-0.25, -0.2) is 0 Å². The average Bonchev–Trinajstić information content (AvgIpc) is 3.15. The van der Waals surface area contributed by atoms with Crippen LogP contribution in [0, 0.1) is 0 Å². The summed E-state index contributed by atoms with van der Waals surface area (Å²) < 4.78 is 28.2. The zero-order valence-electron chi connectivity index (χ0n) is 16.4. The van der Waals surface area contributed by atoms with E-state index in [1.807, 2.05) is 19.9 Å². The first-order valence-corrected chi connectivity index (χ1v) is 9.63. The van der Waals surface area contributed by atoms with E-state index in [4.69, 9.17) is 0 Å². The summed E-state index contributed by atoms with van der Waals surface area (Å²) in [5.74, 6) is -0.0942. The number of aryl methyl sites for hydroxylation is 1. The van der Waals surface area contributed by atoms with Gasteiger partial charge in [-0.2, -0.15) is 0 Å². The first-order chi connectivity index (χ1) is 12.9. The van der Waals surface area contributed by atoms with Gasteiger partial charge in [0.05, 0.1) is 5.70 Å². The molecule has 2 rings (SSSR count). The molecule has 4 nitrogen and oxygen atoms in total. The zero-order valence-corrected chi connectivity index (χ0v) is 16.4. The monoisotopic (exact) mass is 375 g/mol. The second-order valence-electron chi connectivity index (χ2n) is 6.92. The van der Waals surface area contributed by atoms with Gasteiger partial charge in [0, 0.05) is 30.1 Å². The van der Waals surface area contributed by atoms with E-state index in [9.17, 15) is 13.4 Å². The van der Waals surface area contributed by atoms with Crippen molar-refractivity contribution in [1.29, 1.82) is 0 Å². The number of aliphatic imine (C=N–C) groups is 1. The van der Waals surface area contributed by atoms with Crippen molar-refractivity contribution in [3.63, 3.8) is 0 Å². The van der Waals surface area contributed by atoms with Crippen molar-refractivity contribution in [2.75, 3.05) is 6.54 Å². The lowest BCUT2D eigenvalue weighted by Gasteiger charge is -2.09. The third-order valence-electron chi connectivity index (χ3n) is 4.60. The van der Waals surface area contributed by atoms with Gasteiger partial charge in [0.25, 0.3) is 0 Å². The fourth-order valence-corrected chi connectivity index (χ4v) is 3.16. The number of rotatable bonds is 10. The van der Waals surface area contributed by atoms with Gasteiger partial charge >= 0.3 is 7.40 Å². The number of amides is 1. The molecule has 146 valence electrons. The Morgan fingerprint density at radius 1 is 1.26 bits per heavy atom. The summed E-state index contributed by atoms with van der Waals surface area (Å²) in [6.45, 7) is 6.57. The minimum absolute atomic E-state index is 0.0942. The van der Waals surface area contributed by atoms with E-state index >= 15 is 0 Å². The lowest BCUT2D eigenvalue weighted by atomic mass is 10.1. The highest BCUT2D eigenvalue weighted by molar-refractivity contribution is 6.41. The van der Waals surface area contributed by atoms with Crippen molar-refractivity contribution in [2.24, 2.45) is 4.99 Å². The van der Waals surface area contributed by atoms with Crippen LogP contribution in [-0.4, -0.2) is 30.0 Å². The number of halogens is 2. The van der Waals surface area contributed by atoms with E-state index in [1.165, 1.54) is 0 Å². The molecule has 0 radical (unpaired) electrons. The van der Waals surface area contributed by atoms with Gasteiger partial charge < -0.3 is 9.79 Å². The number of hydrogen-bond donors (Lipinski definition) is 1. The predicted octanol–water partition coefficient (Wildman–Crippen LogP) is 4.65. The third kappa shape index (κ3) is 6.19. The predicted molar refractivity (Wildman–Crippen MR) is 108 cm³/mol. The number of nitrogens with zero attached hydrogens (tertiary/aromatic N) is 2. The molecule has 0 aliphatic carbocycles. The molecule has 1 aliphatic rings. The molecule has 1 aliphatic heterocycles. The summed E-state index contributed by atoms with van der Waals surface area (Å²) >= 11 is 0. The third-order valence-corrected chi connectivity index (χ3v) is 4.60. The van der Waals surface area contributed by atoms with Crippen molar-refractivity contribution in [2.45, 2.75) is 59.3 Å². The quantitative estimate of drug-likeness (QED) is 0.470. The van der Waals surface area contributed by atoms with E-state index in [2.05, 4.69) is 17.2 Å². The summed E-state index contributed by atoms with van der Waals surface area (Å²) in [6, 6.07) is 3.32. The molecule has 0 aromatic carbocycles. The number of hydrogen-bond acceptors (Lipinski definition) is 2. The minimum atomic E-state index is -2.66. The number of allylic oxidation sites excluding steroid dienone is 2. The van der Waals surface area contributed by atoms with Crippen LogP contribution in [0.2, 0.25) is 0 Å². The Morgan fingerprint density at radius 2 is 2.04 bits per heavy atom. The highest BCUT2D eigenvalue weighted by Crippen LogP contribution is 2.23. The molecular weight excluding hydrogens is 347 g/mol. The SMILES string of the molecule is CCCCCCNC(=O)CCc1ccc(/C=C2\N=C(C)C=C2C)n1B(F)F. The van der Waals surface area contributed by atoms with Crippen LogP contribution in [0.1, 0.15) is 64.3 Å². The summed E-state index contributed by atoms with van der Waals surface area (Å²) in [6.07, 6.45) is 8.45. The molecule has 0 atom stereocenters. The van der Waals surface area contributed by atoms with Crippen LogP contribution in [0.5, 0.6) is 0 Å². The molecule has 1 amide bonds. The zero-order chi connectivity index (χ0) is 19.8. The van der Waals surface area contributed by atoms with Gasteiger partial charge in [-0.15, -0.1) is 0 Å². The van der Waals surface area contributed by atoms with Crippen molar-refractivity contribution < 1.29 is 13.4 Å². The molecular formula is C20H28BF2N3O. The maximum absolute atomic E-state index is 13.6. The highest BCUT2D eigenvalue weighted by Gasteiger charge is 2.23. The van der Waals surface area contributed by atoms with Crippen molar-refractivity contribution in [3.05, 3.63) is 40.9 Å². The van der Waals surface area contributed by atoms with E-state index in [0.717, 1.165) is 41.4 Å². The molecule has 1 aromatic rings. The molecule has 0 fully saturated rings. The number of carbonyl (C=O) groups excluding carboxylic acids is 1. The van der Waals surface area contributed by atoms with Crippen LogP contribution < -0.4 is 5.32 Å². The molecule has 0 bridgehead atoms. The molecule has 2 heterocycles. The second kappa shape index (κ2) is 10.2. The van der Waals surface area contributed by atoms with Gasteiger partial charge in [0.15, 0.2) is 0 Å². The van der Waals surface area contributed by atoms with Crippen LogP contribution in [0.3, 0.4) is 0 Å². The first kappa shape index (κ1) is 21.1. The number of unbranched alkanes of at least 4 members (excludes halogenated alkanes) is 3. The minimum Gasteiger partial charge on any atom is -0.356 e. The molecule has 1 N–H and O–H groups in total. The smallest absolute Gasteiger partial charge is 0.356 e. The van der Waals surface area contributed by atoms with E-state index in [1.54, 1.807) is 18.2 Å². The maximum Gasteiger partial charge on any atom is 0.677 e. The summed E-state index contributed by atoms with van der Waals surface area (Å²) in [5, 5.41) is 2.86. The van der Waals surface area contributed by atoms with E-state index in [-0.39, 0.29) is 18.7 Å². The Kier molecular flexibility index (Phi) is 8.01. The standard InChI is InChI=1S/C20H28BF2N3O/c1-4-5-6-7-12-24-20(27)11-10-17-8-9-18(26(17)21(22)23)14-19-15(2)13-16(3)25-19/h8-9,13-14H,4-7,10-12H2,1-3H3,(H,24,27)/b19-14-. The summed E-state index contributed by atoms with van der Waals surface area (Å²) in [4.78, 5) is 16.3. The summed E-state index contributed by atoms with van der Waals surface area (Å²) in [7, 11) is -2.66. The van der Waals surface area contributed by atoms with Gasteiger partial charge in [0.1, 0.15) is 0 Å². The van der Waals surface area contributed by atoms with Gasteiger partial charge in [0.2, 0.25) is 5.91 Å². The van der Waals surface area contributed by atoms with Gasteiger partial charge in [-0.3, -0.25) is 18.4 Å². The second-order valence-corrected chi connectivity index (χ2v) is 6.92. The first-order valence-electron chi connectivity index (χ1n) is 9.63. The van der Waals surface area contributed by atoms with E-state index in [0.29, 0.717) is 23.6 Å². The fraction of sp³-hybridized carbons (Fsp3) is 0.500. The Morgan fingerprint density at radius 3 is 2.67 bits per heavy atom. The topological polar surface area (TPSA) is 46.4 Å². The largest absolute Gasteiger partial charge is 0.677 e. The van der Waals surface area contributed by atoms with Crippen molar-refractivity contribution >= 4 is 25.1 Å². The van der Waals surface area contributed by atoms with Crippen molar-refractivity contribution in [1.82, 2.24) is 9.79 Å². The van der Waals surface area contributed by atoms with Crippen molar-refractivity contribution in [3.8, 4) is 0 Å². The maximum atomic E-state index is 13.6. The van der Waals surface area contributed by atoms with Crippen LogP contribution in [-0.2, 0) is 11.2 Å². The molecule has 27 heavy (non-hydrogen) atoms. The average molecular weight is 375 g/mol. The number of aromatic nitrogens is 1. The molecule has 7 heteroatoms. The summed E-state index contributed by atoms with van der Waals surface area (Å²) in [5.41, 5.74) is 3.38. The highest BCUT2D eigenvalue weighted by atomic mass is 19.2. The fourth-order valence-electron chi connectivity index (χ4n) is 3.16. The van der Waals surface area contributed by atoms with Crippen LogP contribution in [0.4, 0.5) is 8.63 Å². The molecule has 0 unspecified atom stereocenters. The molecule has 1 aromatic heterocycles. The molecule has 0 saturated heterocycles. The number of carbonyl (C=O) groups is 1. The Balaban J connectivity index is 1.98. The lowest BCUT2D eigenvalue weighted by Crippen LogP contribution is -2.25. The van der Waals surface area contributed by atoms with Gasteiger partial charge in [-0.05, 0) is 56.5 Å². The molecule has 0 spiro atoms. The molecule has 0 saturated carbocycles. The Hall–Kier alpha value is -2.18. The van der Waals surface area contributed by atoms with Crippen LogP contribution in [0.25, 0.3) is 6.08 Å². The van der Waals surface area contributed by atoms with Crippen LogP contribution >= 0.6 is 0 Å². The number of nitrogens with one attached hydrogen (secondary N) is 1. The lowest BCUT2D eigenvalue weighted by molar-refractivity contribution is -0.121. The van der Waals surface area contributed by atoms with E-state index < -0.39 is 7.40 Å². The Labute approximate surface area is 160 Å². The normalized spacial score (nSPS) is 15.1. The van der Waals surface area contributed by atoms with Gasteiger partial charge in [-0.1, -0.05) is 26.2 Å². The van der Waals surface area contributed by atoms with Crippen LogP contribution in [0.15, 0.2) is 34.5 Å². The Bertz CT molecular complexity index is 750.